The quantitative estimate of drug-likeness (QED) is 0.608. The van der Waals surface area contributed by atoms with Crippen LogP contribution in [0.2, 0.25) is 5.02 Å². The summed E-state index contributed by atoms with van der Waals surface area (Å²) >= 11 is 11.5. The molecule has 2 aromatic carbocycles. The summed E-state index contributed by atoms with van der Waals surface area (Å²) in [4.78, 5) is 0. The zero-order valence-corrected chi connectivity index (χ0v) is 14.2. The largest absolute Gasteiger partial charge is 0.488 e. The highest BCUT2D eigenvalue weighted by Gasteiger charge is 2.06. The van der Waals surface area contributed by atoms with Crippen LogP contribution in [0, 0.1) is 14.9 Å². The fourth-order valence-electron chi connectivity index (χ4n) is 1.54. The van der Waals surface area contributed by atoms with Crippen molar-refractivity contribution in [2.45, 2.75) is 6.61 Å². The van der Waals surface area contributed by atoms with E-state index in [1.165, 1.54) is 0 Å². The maximum atomic E-state index is 9.06. The first-order valence-corrected chi connectivity index (χ1v) is 7.61. The Morgan fingerprint density at radius 3 is 2.74 bits per heavy atom. The van der Waals surface area contributed by atoms with Gasteiger partial charge in [0.05, 0.1) is 15.2 Å². The molecule has 0 amide bonds. The Kier molecular flexibility index (Phi) is 5.08. The van der Waals surface area contributed by atoms with E-state index >= 15 is 0 Å². The summed E-state index contributed by atoms with van der Waals surface area (Å²) in [6, 6.07) is 13.1. The van der Waals surface area contributed by atoms with E-state index in [1.807, 2.05) is 24.3 Å². The van der Waals surface area contributed by atoms with Gasteiger partial charge >= 0.3 is 0 Å². The van der Waals surface area contributed by atoms with Crippen LogP contribution >= 0.6 is 50.1 Å². The van der Waals surface area contributed by atoms with E-state index in [1.54, 1.807) is 12.1 Å². The van der Waals surface area contributed by atoms with Gasteiger partial charge in [-0.2, -0.15) is 5.26 Å². The summed E-state index contributed by atoms with van der Waals surface area (Å²) in [6.07, 6.45) is 0. The molecule has 96 valence electrons. The Hall–Kier alpha value is -0.770. The van der Waals surface area contributed by atoms with Gasteiger partial charge in [-0.05, 0) is 59.0 Å². The molecular formula is C14H8BrClINO. The predicted octanol–water partition coefficient (Wildman–Crippen LogP) is 5.16. The van der Waals surface area contributed by atoms with Crippen LogP contribution in [0.1, 0.15) is 11.1 Å². The Morgan fingerprint density at radius 2 is 2.05 bits per heavy atom. The van der Waals surface area contributed by atoms with Crippen molar-refractivity contribution in [3.63, 3.8) is 0 Å². The van der Waals surface area contributed by atoms with Crippen molar-refractivity contribution < 1.29 is 4.74 Å². The van der Waals surface area contributed by atoms with Gasteiger partial charge in [-0.1, -0.05) is 27.5 Å². The van der Waals surface area contributed by atoms with Crippen LogP contribution in [0.15, 0.2) is 40.9 Å². The van der Waals surface area contributed by atoms with E-state index < -0.39 is 0 Å². The summed E-state index contributed by atoms with van der Waals surface area (Å²) in [5, 5.41) is 9.74. The third-order valence-electron chi connectivity index (χ3n) is 2.46. The van der Waals surface area contributed by atoms with E-state index in [0.29, 0.717) is 17.2 Å². The molecule has 2 aromatic rings. The fourth-order valence-corrected chi connectivity index (χ4v) is 2.97. The van der Waals surface area contributed by atoms with Crippen molar-refractivity contribution in [3.05, 3.63) is 60.6 Å². The molecule has 0 aliphatic heterocycles. The number of nitrogens with zero attached hydrogens (tertiary/aromatic N) is 1. The molecule has 0 aliphatic rings. The lowest BCUT2D eigenvalue weighted by Gasteiger charge is -2.10. The van der Waals surface area contributed by atoms with Gasteiger partial charge in [0.25, 0.3) is 0 Å². The second kappa shape index (κ2) is 6.60. The van der Waals surface area contributed by atoms with Crippen LogP contribution in [0.25, 0.3) is 0 Å². The molecule has 0 radical (unpaired) electrons. The van der Waals surface area contributed by atoms with Gasteiger partial charge in [0.1, 0.15) is 12.4 Å². The topological polar surface area (TPSA) is 33.0 Å². The number of ether oxygens (including phenoxy) is 1. The highest BCUT2D eigenvalue weighted by atomic mass is 127. The molecule has 0 atom stereocenters. The molecule has 0 aliphatic carbocycles. The van der Waals surface area contributed by atoms with E-state index in [-0.39, 0.29) is 0 Å². The summed E-state index contributed by atoms with van der Waals surface area (Å²) in [5.74, 6) is 0.758. The normalized spacial score (nSPS) is 10.0. The first-order valence-electron chi connectivity index (χ1n) is 5.36. The third kappa shape index (κ3) is 3.85. The van der Waals surface area contributed by atoms with E-state index in [9.17, 15) is 0 Å². The number of hydrogen-bond acceptors (Lipinski definition) is 2. The van der Waals surface area contributed by atoms with E-state index in [0.717, 1.165) is 19.4 Å². The molecule has 0 fully saturated rings. The average molecular weight is 448 g/mol. The molecule has 19 heavy (non-hydrogen) atoms. The van der Waals surface area contributed by atoms with Gasteiger partial charge in [0.15, 0.2) is 0 Å². The van der Waals surface area contributed by atoms with Crippen molar-refractivity contribution in [3.8, 4) is 11.8 Å². The highest BCUT2D eigenvalue weighted by Crippen LogP contribution is 2.26. The molecular weight excluding hydrogens is 440 g/mol. The number of hydrogen-bond donors (Lipinski definition) is 0. The number of halogens is 3. The lowest BCUT2D eigenvalue weighted by atomic mass is 10.1. The zero-order valence-electron chi connectivity index (χ0n) is 9.66. The average Bonchev–Trinajstić information content (AvgIpc) is 2.38. The van der Waals surface area contributed by atoms with Crippen LogP contribution in [0.4, 0.5) is 0 Å². The second-order valence-corrected chi connectivity index (χ2v) is 6.29. The molecule has 2 nitrogen and oxygen atoms in total. The number of nitriles is 1. The van der Waals surface area contributed by atoms with Crippen LogP contribution < -0.4 is 4.74 Å². The van der Waals surface area contributed by atoms with Crippen LogP contribution in [-0.2, 0) is 6.61 Å². The van der Waals surface area contributed by atoms with Gasteiger partial charge in [-0.25, -0.2) is 0 Å². The Morgan fingerprint density at radius 1 is 1.26 bits per heavy atom. The molecule has 0 bridgehead atoms. The Balaban J connectivity index is 2.19. The monoisotopic (exact) mass is 447 g/mol. The SMILES string of the molecule is N#Cc1ccc(Br)cc1COc1ccc(Cl)cc1I. The van der Waals surface area contributed by atoms with Crippen molar-refractivity contribution in [1.82, 2.24) is 0 Å². The second-order valence-electron chi connectivity index (χ2n) is 3.78. The minimum atomic E-state index is 0.347. The van der Waals surface area contributed by atoms with E-state index in [4.69, 9.17) is 21.6 Å². The standard InChI is InChI=1S/C14H8BrClINO/c15-11-2-1-9(7-18)10(5-11)8-19-14-4-3-12(16)6-13(14)17/h1-6H,8H2. The highest BCUT2D eigenvalue weighted by molar-refractivity contribution is 14.1. The zero-order chi connectivity index (χ0) is 13.8. The molecule has 5 heteroatoms. The van der Waals surface area contributed by atoms with Gasteiger partial charge in [-0.3, -0.25) is 0 Å². The summed E-state index contributed by atoms with van der Waals surface area (Å²) in [5.41, 5.74) is 1.47. The molecule has 0 aromatic heterocycles. The third-order valence-corrected chi connectivity index (χ3v) is 4.04. The van der Waals surface area contributed by atoms with Crippen molar-refractivity contribution in [2.75, 3.05) is 0 Å². The molecule has 0 unspecified atom stereocenters. The summed E-state index contributed by atoms with van der Waals surface area (Å²) in [6.45, 7) is 0.347. The molecule has 0 heterocycles. The molecule has 2 rings (SSSR count). The Bertz CT molecular complexity index is 654. The first-order chi connectivity index (χ1) is 9.10. The van der Waals surface area contributed by atoms with Crippen molar-refractivity contribution in [2.24, 2.45) is 0 Å². The summed E-state index contributed by atoms with van der Waals surface area (Å²) in [7, 11) is 0. The lowest BCUT2D eigenvalue weighted by molar-refractivity contribution is 0.303. The lowest BCUT2D eigenvalue weighted by Crippen LogP contribution is -1.99. The number of benzene rings is 2. The maximum Gasteiger partial charge on any atom is 0.133 e. The van der Waals surface area contributed by atoms with Gasteiger partial charge < -0.3 is 4.74 Å². The smallest absolute Gasteiger partial charge is 0.133 e. The molecule has 0 saturated heterocycles. The van der Waals surface area contributed by atoms with Crippen LogP contribution in [-0.4, -0.2) is 0 Å². The fraction of sp³-hybridized carbons (Fsp3) is 0.0714. The number of rotatable bonds is 3. The molecule has 0 spiro atoms. The molecule has 0 N–H and O–H groups in total. The van der Waals surface area contributed by atoms with Gasteiger partial charge in [-0.15, -0.1) is 0 Å². The van der Waals surface area contributed by atoms with Crippen LogP contribution in [0.5, 0.6) is 5.75 Å². The predicted molar refractivity (Wildman–Crippen MR) is 87.4 cm³/mol. The summed E-state index contributed by atoms with van der Waals surface area (Å²) < 4.78 is 7.61. The van der Waals surface area contributed by atoms with Gasteiger partial charge in [0.2, 0.25) is 0 Å². The Labute approximate surface area is 138 Å². The molecule has 0 saturated carbocycles. The van der Waals surface area contributed by atoms with Gasteiger partial charge in [0, 0.05) is 15.1 Å². The first kappa shape index (κ1) is 14.6. The minimum Gasteiger partial charge on any atom is -0.488 e. The van der Waals surface area contributed by atoms with Crippen LogP contribution in [0.3, 0.4) is 0 Å². The van der Waals surface area contributed by atoms with Crippen molar-refractivity contribution in [1.29, 1.82) is 5.26 Å². The minimum absolute atomic E-state index is 0.347. The maximum absolute atomic E-state index is 9.06. The van der Waals surface area contributed by atoms with Crippen molar-refractivity contribution >= 4 is 50.1 Å². The van der Waals surface area contributed by atoms with E-state index in [2.05, 4.69) is 44.6 Å².